The van der Waals surface area contributed by atoms with Crippen molar-refractivity contribution in [1.82, 2.24) is 0 Å². The first kappa shape index (κ1) is 11.1. The Balaban J connectivity index is 2.38. The Kier molecular flexibility index (Phi) is 2.92. The lowest BCUT2D eigenvalue weighted by Gasteiger charge is -2.04. The van der Waals surface area contributed by atoms with Crippen molar-refractivity contribution in [3.63, 3.8) is 0 Å². The van der Waals surface area contributed by atoms with Gasteiger partial charge in [-0.1, -0.05) is 42.5 Å². The number of fused-ring (bicyclic) bond motifs is 1. The van der Waals surface area contributed by atoms with Crippen molar-refractivity contribution in [2.24, 2.45) is 0 Å². The molecule has 0 unspecified atom stereocenters. The van der Waals surface area contributed by atoms with E-state index in [1.54, 1.807) is 0 Å². The van der Waals surface area contributed by atoms with Crippen LogP contribution in [0.25, 0.3) is 10.8 Å². The van der Waals surface area contributed by atoms with Gasteiger partial charge in [0.25, 0.3) is 0 Å². The third kappa shape index (κ3) is 2.58. The van der Waals surface area contributed by atoms with Crippen LogP contribution >= 0.6 is 0 Å². The molecule has 0 aromatic heterocycles. The Morgan fingerprint density at radius 3 is 2.44 bits per heavy atom. The van der Waals surface area contributed by atoms with Crippen molar-refractivity contribution in [2.45, 2.75) is 6.42 Å². The fourth-order valence-corrected chi connectivity index (χ4v) is 2.21. The molecule has 0 fully saturated rings. The first-order valence-electron chi connectivity index (χ1n) is 4.95. The fourth-order valence-electron chi connectivity index (χ4n) is 1.74. The second kappa shape index (κ2) is 4.22. The van der Waals surface area contributed by atoms with Crippen molar-refractivity contribution >= 4 is 21.0 Å². The summed E-state index contributed by atoms with van der Waals surface area (Å²) >= 11 is 0. The number of rotatable bonds is 3. The van der Waals surface area contributed by atoms with Gasteiger partial charge in [-0.05, 0) is 22.8 Å². The van der Waals surface area contributed by atoms with Crippen LogP contribution in [0, 0.1) is 0 Å². The van der Waals surface area contributed by atoms with Crippen LogP contribution in [0.2, 0.25) is 0 Å². The molecule has 4 heteroatoms. The molecule has 2 aromatic carbocycles. The van der Waals surface area contributed by atoms with E-state index < -0.39 is 16.0 Å². The predicted octanol–water partition coefficient (Wildman–Crippen LogP) is 2.68. The van der Waals surface area contributed by atoms with Crippen molar-refractivity contribution in [3.8, 4) is 0 Å². The van der Waals surface area contributed by atoms with Crippen LogP contribution in [-0.4, -0.2) is 14.2 Å². The molecular weight excluding hydrogens is 227 g/mol. The normalized spacial score (nSPS) is 11.8. The number of hydrogen-bond acceptors (Lipinski definition) is 2. The van der Waals surface area contributed by atoms with Crippen LogP contribution in [0.15, 0.2) is 42.5 Å². The maximum absolute atomic E-state index is 12.4. The van der Waals surface area contributed by atoms with E-state index in [1.807, 2.05) is 42.5 Å². The zero-order valence-corrected chi connectivity index (χ0v) is 9.37. The molecule has 0 amide bonds. The molecule has 16 heavy (non-hydrogen) atoms. The predicted molar refractivity (Wildman–Crippen MR) is 62.5 cm³/mol. The first-order valence-corrected chi connectivity index (χ1v) is 6.50. The average molecular weight is 238 g/mol. The second-order valence-corrected chi connectivity index (χ2v) is 5.12. The monoisotopic (exact) mass is 238 g/mol. The summed E-state index contributed by atoms with van der Waals surface area (Å²) in [5.41, 5.74) is 0.860. The van der Waals surface area contributed by atoms with Gasteiger partial charge in [0.2, 0.25) is 0 Å². The van der Waals surface area contributed by atoms with Gasteiger partial charge in [0.1, 0.15) is 0 Å². The summed E-state index contributed by atoms with van der Waals surface area (Å²) in [7, 11) is -4.39. The van der Waals surface area contributed by atoms with E-state index in [0.717, 1.165) is 16.3 Å². The van der Waals surface area contributed by atoms with Gasteiger partial charge in [-0.3, -0.25) is 0 Å². The molecule has 0 aliphatic rings. The van der Waals surface area contributed by atoms with Crippen LogP contribution in [-0.2, 0) is 16.6 Å². The molecule has 84 valence electrons. The Hall–Kier alpha value is -1.42. The third-order valence-corrected chi connectivity index (χ3v) is 3.19. The molecule has 0 spiro atoms. The van der Waals surface area contributed by atoms with E-state index in [4.69, 9.17) is 0 Å². The largest absolute Gasteiger partial charge is 0.302 e. The van der Waals surface area contributed by atoms with Gasteiger partial charge in [0.05, 0.1) is 5.75 Å². The molecule has 0 radical (unpaired) electrons. The topological polar surface area (TPSA) is 34.1 Å². The maximum atomic E-state index is 12.4. The summed E-state index contributed by atoms with van der Waals surface area (Å²) in [5, 5.41) is 2.02. The van der Waals surface area contributed by atoms with Crippen LogP contribution in [0.1, 0.15) is 5.56 Å². The minimum Gasteiger partial charge on any atom is -0.195 e. The maximum Gasteiger partial charge on any atom is 0.302 e. The van der Waals surface area contributed by atoms with Gasteiger partial charge < -0.3 is 0 Å². The smallest absolute Gasteiger partial charge is 0.195 e. The third-order valence-electron chi connectivity index (χ3n) is 2.50. The van der Waals surface area contributed by atoms with Crippen LogP contribution in [0.4, 0.5) is 3.89 Å². The fraction of sp³-hybridized carbons (Fsp3) is 0.167. The van der Waals surface area contributed by atoms with Crippen molar-refractivity contribution in [3.05, 3.63) is 48.0 Å². The highest BCUT2D eigenvalue weighted by atomic mass is 32.3. The van der Waals surface area contributed by atoms with Crippen LogP contribution < -0.4 is 0 Å². The van der Waals surface area contributed by atoms with Crippen molar-refractivity contribution in [2.75, 3.05) is 5.75 Å². The van der Waals surface area contributed by atoms with E-state index in [0.29, 0.717) is 0 Å². The quantitative estimate of drug-likeness (QED) is 0.770. The second-order valence-electron chi connectivity index (χ2n) is 3.63. The summed E-state index contributed by atoms with van der Waals surface area (Å²) in [5.74, 6) is -0.457. The van der Waals surface area contributed by atoms with E-state index >= 15 is 0 Å². The summed E-state index contributed by atoms with van der Waals surface area (Å²) in [4.78, 5) is 0. The van der Waals surface area contributed by atoms with Gasteiger partial charge >= 0.3 is 10.2 Å². The van der Waals surface area contributed by atoms with Crippen LogP contribution in [0.3, 0.4) is 0 Å². The minimum absolute atomic E-state index is 0.209. The molecule has 0 N–H and O–H groups in total. The molecular formula is C12H11FO2S. The minimum atomic E-state index is -4.39. The molecule has 2 nitrogen and oxygen atoms in total. The SMILES string of the molecule is O=S(=O)(F)CCc1cccc2ccccc12. The first-order chi connectivity index (χ1) is 7.56. The molecule has 0 aliphatic heterocycles. The van der Waals surface area contributed by atoms with E-state index in [-0.39, 0.29) is 6.42 Å². The molecule has 2 rings (SSSR count). The molecule has 2 aromatic rings. The number of halogens is 1. The van der Waals surface area contributed by atoms with Gasteiger partial charge in [-0.2, -0.15) is 8.42 Å². The molecule has 0 aliphatic carbocycles. The van der Waals surface area contributed by atoms with Gasteiger partial charge in [0.15, 0.2) is 0 Å². The summed E-state index contributed by atoms with van der Waals surface area (Å²) in [6.45, 7) is 0. The van der Waals surface area contributed by atoms with E-state index in [9.17, 15) is 12.3 Å². The molecule has 0 bridgehead atoms. The zero-order chi connectivity index (χ0) is 11.6. The Labute approximate surface area is 93.9 Å². The Bertz CT molecular complexity index is 600. The lowest BCUT2D eigenvalue weighted by Crippen LogP contribution is -2.02. The average Bonchev–Trinajstić information content (AvgIpc) is 2.25. The lowest BCUT2D eigenvalue weighted by molar-refractivity contribution is 0.551. The molecule has 0 atom stereocenters. The Morgan fingerprint density at radius 2 is 1.69 bits per heavy atom. The highest BCUT2D eigenvalue weighted by Crippen LogP contribution is 2.19. The zero-order valence-electron chi connectivity index (χ0n) is 8.56. The van der Waals surface area contributed by atoms with Gasteiger partial charge in [0, 0.05) is 0 Å². The summed E-state index contributed by atoms with van der Waals surface area (Å²) < 4.78 is 33.4. The standard InChI is InChI=1S/C12H11FO2S/c13-16(14,15)9-8-11-6-3-5-10-4-1-2-7-12(10)11/h1-7H,8-9H2. The number of aryl methyl sites for hydroxylation is 1. The molecule has 0 saturated heterocycles. The van der Waals surface area contributed by atoms with E-state index in [2.05, 4.69) is 0 Å². The highest BCUT2D eigenvalue weighted by molar-refractivity contribution is 7.86. The Morgan fingerprint density at radius 1 is 1.00 bits per heavy atom. The van der Waals surface area contributed by atoms with Crippen LogP contribution in [0.5, 0.6) is 0 Å². The number of benzene rings is 2. The van der Waals surface area contributed by atoms with Gasteiger partial charge in [-0.25, -0.2) is 0 Å². The highest BCUT2D eigenvalue weighted by Gasteiger charge is 2.08. The summed E-state index contributed by atoms with van der Waals surface area (Å²) in [6, 6.07) is 13.3. The van der Waals surface area contributed by atoms with E-state index in [1.165, 1.54) is 0 Å². The number of hydrogen-bond donors (Lipinski definition) is 0. The lowest BCUT2D eigenvalue weighted by atomic mass is 10.0. The summed E-state index contributed by atoms with van der Waals surface area (Å²) in [6.07, 6.45) is 0.209. The molecule has 0 saturated carbocycles. The van der Waals surface area contributed by atoms with Crippen molar-refractivity contribution < 1.29 is 12.3 Å². The van der Waals surface area contributed by atoms with Gasteiger partial charge in [-0.15, -0.1) is 3.89 Å². The molecule has 0 heterocycles. The van der Waals surface area contributed by atoms with Crippen molar-refractivity contribution in [1.29, 1.82) is 0 Å².